The number of nitrogens with one attached hydrogen (secondary N) is 3. The van der Waals surface area contributed by atoms with Gasteiger partial charge in [-0.15, -0.1) is 16.2 Å². The quantitative estimate of drug-likeness (QED) is 0.559. The number of rotatable bonds is 6. The van der Waals surface area contributed by atoms with Crippen molar-refractivity contribution < 1.29 is 31.2 Å². The van der Waals surface area contributed by atoms with Gasteiger partial charge in [-0.2, -0.15) is 13.2 Å². The van der Waals surface area contributed by atoms with Crippen molar-refractivity contribution in [2.75, 3.05) is 6.54 Å². The summed E-state index contributed by atoms with van der Waals surface area (Å²) in [4.78, 5) is 27.3. The van der Waals surface area contributed by atoms with Crippen LogP contribution in [-0.2, 0) is 22.9 Å². The van der Waals surface area contributed by atoms with E-state index in [1.54, 1.807) is 11.4 Å². The summed E-state index contributed by atoms with van der Waals surface area (Å²) >= 11 is 1.33. The third kappa shape index (κ3) is 6.05. The first-order chi connectivity index (χ1) is 14.4. The maximum absolute atomic E-state index is 12.4. The summed E-state index contributed by atoms with van der Waals surface area (Å²) in [5.41, 5.74) is 3.14. The molecular formula is C19H20F3N3O4S2. The van der Waals surface area contributed by atoms with Gasteiger partial charge in [0.05, 0.1) is 9.77 Å². The van der Waals surface area contributed by atoms with Crippen molar-refractivity contribution in [3.63, 3.8) is 0 Å². The number of halogens is 3. The predicted octanol–water partition coefficient (Wildman–Crippen LogP) is 2.79. The molecule has 2 amide bonds. The van der Waals surface area contributed by atoms with E-state index in [1.807, 2.05) is 4.83 Å². The minimum atomic E-state index is -4.55. The van der Waals surface area contributed by atoms with Crippen molar-refractivity contribution >= 4 is 33.2 Å². The lowest BCUT2D eigenvalue weighted by Gasteiger charge is -2.16. The smallest absolute Gasteiger partial charge is 0.343 e. The highest BCUT2D eigenvalue weighted by molar-refractivity contribution is 7.89. The Morgan fingerprint density at radius 3 is 2.48 bits per heavy atom. The zero-order valence-electron chi connectivity index (χ0n) is 16.4. The Morgan fingerprint density at radius 1 is 1.16 bits per heavy atom. The number of fused-ring (bicyclic) bond motifs is 1. The van der Waals surface area contributed by atoms with Crippen molar-refractivity contribution in [3.8, 4) is 0 Å². The summed E-state index contributed by atoms with van der Waals surface area (Å²) in [7, 11) is -4.14. The molecule has 168 valence electrons. The molecule has 7 nitrogen and oxygen atoms in total. The highest BCUT2D eigenvalue weighted by Gasteiger charge is 2.28. The normalized spacial score (nSPS) is 16.5. The number of carbonyl (C=O) groups is 2. The van der Waals surface area contributed by atoms with Crippen molar-refractivity contribution in [2.24, 2.45) is 5.92 Å². The molecule has 1 aliphatic carbocycles. The number of carbonyl (C=O) groups excluding carboxylic acids is 2. The standard InChI is InChI=1S/C19H20F3N3O4S2/c1-11-2-7-15-13(8-11)9-16(30-15)18(27)24-25-31(28,29)14-5-3-12(4-6-14)17(26)23-10-19(20,21)22/h3-6,9,11,25H,2,7-8,10H2,1H3,(H,23,26)(H,24,27)/t11-/m0/s1. The molecule has 12 heteroatoms. The van der Waals surface area contributed by atoms with Crippen LogP contribution in [0, 0.1) is 5.92 Å². The number of sulfonamides is 1. The minimum absolute atomic E-state index is 0.134. The second-order valence-electron chi connectivity index (χ2n) is 7.29. The van der Waals surface area contributed by atoms with E-state index in [0.717, 1.165) is 54.0 Å². The number of aryl methyl sites for hydroxylation is 1. The zero-order chi connectivity index (χ0) is 22.8. The van der Waals surface area contributed by atoms with Gasteiger partial charge >= 0.3 is 6.18 Å². The molecule has 0 bridgehead atoms. The van der Waals surface area contributed by atoms with Crippen molar-refractivity contribution in [1.29, 1.82) is 0 Å². The predicted molar refractivity (Wildman–Crippen MR) is 108 cm³/mol. The van der Waals surface area contributed by atoms with Gasteiger partial charge in [-0.1, -0.05) is 6.92 Å². The number of thiophene rings is 1. The SMILES string of the molecule is C[C@H]1CCc2sc(C(=O)NNS(=O)(=O)c3ccc(C(=O)NCC(F)(F)F)cc3)cc2C1. The molecule has 0 saturated carbocycles. The minimum Gasteiger partial charge on any atom is -0.343 e. The molecule has 0 aliphatic heterocycles. The fraction of sp³-hybridized carbons (Fsp3) is 0.368. The number of hydrogen-bond donors (Lipinski definition) is 3. The molecule has 0 saturated heterocycles. The van der Waals surface area contributed by atoms with E-state index >= 15 is 0 Å². The fourth-order valence-electron chi connectivity index (χ4n) is 3.12. The van der Waals surface area contributed by atoms with Crippen LogP contribution >= 0.6 is 11.3 Å². The second-order valence-corrected chi connectivity index (χ2v) is 10.1. The third-order valence-electron chi connectivity index (χ3n) is 4.73. The molecule has 1 atom stereocenters. The topological polar surface area (TPSA) is 104 Å². The zero-order valence-corrected chi connectivity index (χ0v) is 18.0. The number of alkyl halides is 3. The van der Waals surface area contributed by atoms with E-state index in [1.165, 1.54) is 11.3 Å². The molecule has 0 spiro atoms. The molecule has 0 unspecified atom stereocenters. The van der Waals surface area contributed by atoms with E-state index in [0.29, 0.717) is 10.8 Å². The molecule has 31 heavy (non-hydrogen) atoms. The van der Waals surface area contributed by atoms with Crippen molar-refractivity contribution in [2.45, 2.75) is 37.3 Å². The largest absolute Gasteiger partial charge is 0.405 e. The molecule has 3 rings (SSSR count). The molecule has 0 fully saturated rings. The van der Waals surface area contributed by atoms with Gasteiger partial charge in [-0.05, 0) is 61.1 Å². The lowest BCUT2D eigenvalue weighted by Crippen LogP contribution is -2.41. The van der Waals surface area contributed by atoms with Gasteiger partial charge in [0, 0.05) is 10.4 Å². The van der Waals surface area contributed by atoms with Gasteiger partial charge in [0.25, 0.3) is 21.8 Å². The molecule has 1 aromatic carbocycles. The van der Waals surface area contributed by atoms with E-state index in [9.17, 15) is 31.2 Å². The lowest BCUT2D eigenvalue weighted by atomic mass is 9.90. The number of hydrazine groups is 1. The first-order valence-corrected chi connectivity index (χ1v) is 11.6. The summed E-state index contributed by atoms with van der Waals surface area (Å²) in [5, 5.41) is 1.69. The van der Waals surface area contributed by atoms with Crippen LogP contribution in [0.4, 0.5) is 13.2 Å². The molecular weight excluding hydrogens is 455 g/mol. The van der Waals surface area contributed by atoms with Crippen molar-refractivity contribution in [3.05, 3.63) is 51.2 Å². The summed E-state index contributed by atoms with van der Waals surface area (Å²) in [6.07, 6.45) is -1.73. The van der Waals surface area contributed by atoms with Gasteiger partial charge in [-0.25, -0.2) is 8.42 Å². The Labute approximate surface area is 181 Å². The monoisotopic (exact) mass is 475 g/mol. The van der Waals surface area contributed by atoms with E-state index in [2.05, 4.69) is 12.3 Å². The summed E-state index contributed by atoms with van der Waals surface area (Å²) < 4.78 is 61.3. The van der Waals surface area contributed by atoms with Gasteiger partial charge in [-0.3, -0.25) is 15.0 Å². The fourth-order valence-corrected chi connectivity index (χ4v) is 5.06. The Balaban J connectivity index is 1.60. The second kappa shape index (κ2) is 8.97. The van der Waals surface area contributed by atoms with Crippen LogP contribution in [0.2, 0.25) is 0 Å². The van der Waals surface area contributed by atoms with Gasteiger partial charge in [0.15, 0.2) is 0 Å². The number of amides is 2. The highest BCUT2D eigenvalue weighted by Crippen LogP contribution is 2.32. The average Bonchev–Trinajstić information content (AvgIpc) is 3.13. The van der Waals surface area contributed by atoms with E-state index in [4.69, 9.17) is 0 Å². The summed E-state index contributed by atoms with van der Waals surface area (Å²) in [5.74, 6) is -1.03. The van der Waals surface area contributed by atoms with Gasteiger partial charge < -0.3 is 5.32 Å². The molecule has 1 aliphatic rings. The molecule has 0 radical (unpaired) electrons. The Kier molecular flexibility index (Phi) is 6.72. The van der Waals surface area contributed by atoms with Crippen LogP contribution in [0.25, 0.3) is 0 Å². The first kappa shape index (κ1) is 23.2. The number of benzene rings is 1. The van der Waals surface area contributed by atoms with E-state index < -0.39 is 34.6 Å². The van der Waals surface area contributed by atoms with Crippen LogP contribution in [0.1, 0.15) is 43.8 Å². The third-order valence-corrected chi connectivity index (χ3v) is 7.23. The molecule has 3 N–H and O–H groups in total. The Morgan fingerprint density at radius 2 is 1.84 bits per heavy atom. The van der Waals surface area contributed by atoms with Crippen LogP contribution < -0.4 is 15.6 Å². The van der Waals surface area contributed by atoms with Crippen LogP contribution in [-0.4, -0.2) is 33.0 Å². The summed E-state index contributed by atoms with van der Waals surface area (Å²) in [6, 6.07) is 6.05. The maximum Gasteiger partial charge on any atom is 0.405 e. The Bertz CT molecular complexity index is 1080. The molecule has 2 aromatic rings. The van der Waals surface area contributed by atoms with E-state index in [-0.39, 0.29) is 10.5 Å². The average molecular weight is 476 g/mol. The van der Waals surface area contributed by atoms with Gasteiger partial charge in [0.1, 0.15) is 6.54 Å². The van der Waals surface area contributed by atoms with Crippen molar-refractivity contribution in [1.82, 2.24) is 15.6 Å². The lowest BCUT2D eigenvalue weighted by molar-refractivity contribution is -0.123. The van der Waals surface area contributed by atoms with Gasteiger partial charge in [0.2, 0.25) is 0 Å². The maximum atomic E-state index is 12.4. The van der Waals surface area contributed by atoms with Crippen LogP contribution in [0.3, 0.4) is 0 Å². The molecule has 1 aromatic heterocycles. The van der Waals surface area contributed by atoms with Crippen LogP contribution in [0.5, 0.6) is 0 Å². The van der Waals surface area contributed by atoms with Crippen LogP contribution in [0.15, 0.2) is 35.2 Å². The summed E-state index contributed by atoms with van der Waals surface area (Å²) in [6.45, 7) is 0.643. The first-order valence-electron chi connectivity index (χ1n) is 9.33. The molecule has 1 heterocycles. The highest BCUT2D eigenvalue weighted by atomic mass is 32.2. The Hall–Kier alpha value is -2.44. The number of hydrogen-bond acceptors (Lipinski definition) is 5.